The van der Waals surface area contributed by atoms with Crippen LogP contribution in [-0.4, -0.2) is 60.4 Å². The Morgan fingerprint density at radius 1 is 0.704 bits per heavy atom. The first-order valence-electron chi connectivity index (χ1n) is 18.3. The van der Waals surface area contributed by atoms with Gasteiger partial charge in [-0.25, -0.2) is 9.59 Å². The van der Waals surface area contributed by atoms with E-state index in [1.54, 1.807) is 12.2 Å². The van der Waals surface area contributed by atoms with Crippen molar-refractivity contribution in [2.45, 2.75) is 98.2 Å². The molecule has 0 unspecified atom stereocenters. The van der Waals surface area contributed by atoms with E-state index in [1.807, 2.05) is 88.4 Å². The van der Waals surface area contributed by atoms with E-state index in [-0.39, 0.29) is 6.42 Å². The van der Waals surface area contributed by atoms with Crippen molar-refractivity contribution < 1.29 is 47.7 Å². The summed E-state index contributed by atoms with van der Waals surface area (Å²) >= 11 is 0. The predicted octanol–water partition coefficient (Wildman–Crippen LogP) is 7.38. The van der Waals surface area contributed by atoms with Gasteiger partial charge >= 0.3 is 29.8 Å². The second-order valence-electron chi connectivity index (χ2n) is 15.2. The number of benzene rings is 2. The van der Waals surface area contributed by atoms with Gasteiger partial charge in [-0.2, -0.15) is 0 Å². The van der Waals surface area contributed by atoms with Crippen molar-refractivity contribution in [1.82, 2.24) is 0 Å². The maximum atomic E-state index is 13.4. The third-order valence-corrected chi connectivity index (χ3v) is 11.2. The summed E-state index contributed by atoms with van der Waals surface area (Å²) in [5.74, 6) is -4.21. The first-order valence-corrected chi connectivity index (χ1v) is 18.3. The minimum absolute atomic E-state index is 0.250. The molecule has 0 amide bonds. The molecule has 2 aromatic rings. The number of fused-ring (bicyclic) bond motifs is 3. The lowest BCUT2D eigenvalue weighted by Crippen LogP contribution is -2.64. The van der Waals surface area contributed by atoms with Crippen molar-refractivity contribution in [3.63, 3.8) is 0 Å². The SMILES string of the molecule is C=C1[C@@H](OC(=O)/C=C/c2ccccc2)CC[C@@]2(C)[C@@H](OC(C)=O)[C@H](OC(C)=O)C3=C(C)[C@H](OC(=O)/C=C/c4ccccc4)C[C@@H]([C@@H](OC(C)=O)[C@H]12)C3(C)C. The van der Waals surface area contributed by atoms with Crippen LogP contribution in [0.25, 0.3) is 12.2 Å². The van der Waals surface area contributed by atoms with Crippen molar-refractivity contribution in [2.75, 3.05) is 0 Å². The molecule has 0 aromatic heterocycles. The smallest absolute Gasteiger partial charge is 0.331 e. The largest absolute Gasteiger partial charge is 0.462 e. The van der Waals surface area contributed by atoms with E-state index in [2.05, 4.69) is 6.58 Å². The highest BCUT2D eigenvalue weighted by Crippen LogP contribution is 2.61. The summed E-state index contributed by atoms with van der Waals surface area (Å²) < 4.78 is 30.8. The second-order valence-corrected chi connectivity index (χ2v) is 15.2. The number of carbonyl (C=O) groups is 5. The van der Waals surface area contributed by atoms with Crippen LogP contribution in [0.1, 0.15) is 78.9 Å². The first-order chi connectivity index (χ1) is 25.5. The zero-order valence-electron chi connectivity index (χ0n) is 32.0. The average molecular weight is 739 g/mol. The lowest BCUT2D eigenvalue weighted by atomic mass is 9.49. The highest BCUT2D eigenvalue weighted by atomic mass is 16.6. The molecule has 0 saturated heterocycles. The average Bonchev–Trinajstić information content (AvgIpc) is 3.10. The number of hydrogen-bond acceptors (Lipinski definition) is 10. The normalized spacial score (nSPS) is 29.0. The monoisotopic (exact) mass is 738 g/mol. The molecule has 2 fully saturated rings. The fourth-order valence-corrected chi connectivity index (χ4v) is 8.86. The van der Waals surface area contributed by atoms with Gasteiger partial charge in [-0.15, -0.1) is 0 Å². The van der Waals surface area contributed by atoms with Gasteiger partial charge in [-0.1, -0.05) is 88.0 Å². The van der Waals surface area contributed by atoms with Gasteiger partial charge in [-0.05, 0) is 71.6 Å². The van der Waals surface area contributed by atoms with Crippen LogP contribution in [0, 0.1) is 22.7 Å². The number of rotatable bonds is 9. The quantitative estimate of drug-likeness (QED) is 0.111. The van der Waals surface area contributed by atoms with Crippen LogP contribution in [-0.2, 0) is 47.7 Å². The molecule has 0 spiro atoms. The van der Waals surface area contributed by atoms with Crippen LogP contribution in [0.2, 0.25) is 0 Å². The van der Waals surface area contributed by atoms with E-state index < -0.39 is 83.0 Å². The fourth-order valence-electron chi connectivity index (χ4n) is 8.86. The standard InChI is InChI=1S/C44H50O10/c1-26-34(53-36(48)21-19-31-15-11-9-12-16-31)23-24-44(8)39(26)40(50-28(3)45)33-25-35(54-37(49)22-20-32-17-13-10-14-18-32)27(2)38(43(33,6)7)41(51-29(4)46)42(44)52-30(5)47/h9-22,33-35,39-42H,1,23-25H2,2-8H3/b21-19+,22-20+/t33-,34-,35+,39-,40+,41+,42-,44+/m0/s1. The topological polar surface area (TPSA) is 132 Å². The minimum Gasteiger partial charge on any atom is -0.462 e. The van der Waals surface area contributed by atoms with Crippen molar-refractivity contribution in [2.24, 2.45) is 22.7 Å². The number of ether oxygens (including phenoxy) is 5. The number of hydrogen-bond donors (Lipinski definition) is 0. The van der Waals surface area contributed by atoms with Crippen LogP contribution in [0.3, 0.4) is 0 Å². The Morgan fingerprint density at radius 3 is 1.70 bits per heavy atom. The summed E-state index contributed by atoms with van der Waals surface area (Å²) in [6, 6.07) is 18.7. The highest BCUT2D eigenvalue weighted by molar-refractivity contribution is 5.88. The van der Waals surface area contributed by atoms with E-state index in [9.17, 15) is 24.0 Å². The fraction of sp³-hybridized carbons (Fsp3) is 0.432. The summed E-state index contributed by atoms with van der Waals surface area (Å²) in [6.07, 6.45) is 2.21. The molecule has 2 aromatic carbocycles. The Hall–Kier alpha value is -5.25. The Balaban J connectivity index is 1.62. The molecule has 54 heavy (non-hydrogen) atoms. The van der Waals surface area contributed by atoms with Crippen LogP contribution in [0.4, 0.5) is 0 Å². The van der Waals surface area contributed by atoms with Crippen molar-refractivity contribution >= 4 is 42.0 Å². The zero-order chi connectivity index (χ0) is 39.4. The number of esters is 5. The molecule has 0 radical (unpaired) electrons. The van der Waals surface area contributed by atoms with Crippen molar-refractivity contribution in [1.29, 1.82) is 0 Å². The van der Waals surface area contributed by atoms with Gasteiger partial charge in [-0.3, -0.25) is 14.4 Å². The van der Waals surface area contributed by atoms with Crippen molar-refractivity contribution in [3.05, 3.63) is 107 Å². The molecule has 286 valence electrons. The molecule has 8 atom stereocenters. The van der Waals surface area contributed by atoms with E-state index in [0.717, 1.165) is 11.1 Å². The van der Waals surface area contributed by atoms with E-state index >= 15 is 0 Å². The van der Waals surface area contributed by atoms with E-state index in [1.165, 1.54) is 32.9 Å². The summed E-state index contributed by atoms with van der Waals surface area (Å²) in [5.41, 5.74) is 1.48. The van der Waals surface area contributed by atoms with Crippen molar-refractivity contribution in [3.8, 4) is 0 Å². The molecular formula is C44H50O10. The van der Waals surface area contributed by atoms with Gasteiger partial charge in [0.1, 0.15) is 24.4 Å². The summed E-state index contributed by atoms with van der Waals surface area (Å²) in [4.78, 5) is 65.6. The summed E-state index contributed by atoms with van der Waals surface area (Å²) in [5, 5.41) is 0. The Bertz CT molecular complexity index is 1860. The molecule has 2 saturated carbocycles. The maximum absolute atomic E-state index is 13.4. The van der Waals surface area contributed by atoms with Gasteiger partial charge in [0, 0.05) is 50.2 Å². The lowest BCUT2D eigenvalue weighted by Gasteiger charge is -2.60. The van der Waals surface area contributed by atoms with Gasteiger partial charge in [0.25, 0.3) is 0 Å². The first kappa shape index (κ1) is 39.9. The minimum atomic E-state index is -1.10. The van der Waals surface area contributed by atoms with Gasteiger partial charge in [0.05, 0.1) is 0 Å². The molecule has 0 heterocycles. The molecular weight excluding hydrogens is 688 g/mol. The van der Waals surface area contributed by atoms with E-state index in [4.69, 9.17) is 23.7 Å². The van der Waals surface area contributed by atoms with Crippen LogP contribution in [0.5, 0.6) is 0 Å². The zero-order valence-corrected chi connectivity index (χ0v) is 32.0. The summed E-state index contributed by atoms with van der Waals surface area (Å²) in [6.45, 7) is 16.0. The Labute approximate surface area is 317 Å². The highest BCUT2D eigenvalue weighted by Gasteiger charge is 2.64. The summed E-state index contributed by atoms with van der Waals surface area (Å²) in [7, 11) is 0. The Kier molecular flexibility index (Phi) is 12.1. The van der Waals surface area contributed by atoms with Crippen LogP contribution in [0.15, 0.2) is 96.1 Å². The predicted molar refractivity (Wildman–Crippen MR) is 202 cm³/mol. The third kappa shape index (κ3) is 8.59. The second kappa shape index (κ2) is 16.4. The molecule has 0 N–H and O–H groups in total. The molecule has 3 aliphatic rings. The molecule has 0 aliphatic heterocycles. The van der Waals surface area contributed by atoms with Crippen LogP contribution >= 0.6 is 0 Å². The molecule has 10 heteroatoms. The number of carbonyl (C=O) groups excluding carboxylic acids is 5. The molecule has 10 nitrogen and oxygen atoms in total. The Morgan fingerprint density at radius 2 is 1.20 bits per heavy atom. The molecule has 5 rings (SSSR count). The lowest BCUT2D eigenvalue weighted by molar-refractivity contribution is -0.204. The van der Waals surface area contributed by atoms with Gasteiger partial charge < -0.3 is 23.7 Å². The molecule has 3 aliphatic carbocycles. The molecule has 2 bridgehead atoms. The van der Waals surface area contributed by atoms with Crippen LogP contribution < -0.4 is 0 Å². The maximum Gasteiger partial charge on any atom is 0.331 e. The van der Waals surface area contributed by atoms with E-state index in [0.29, 0.717) is 29.6 Å². The van der Waals surface area contributed by atoms with Gasteiger partial charge in [0.2, 0.25) is 0 Å². The third-order valence-electron chi connectivity index (χ3n) is 11.2. The van der Waals surface area contributed by atoms with Gasteiger partial charge in [0.15, 0.2) is 6.10 Å².